The lowest BCUT2D eigenvalue weighted by Crippen LogP contribution is -2.30. The molecule has 2 heterocycles. The Kier molecular flexibility index (Phi) is 4.14. The third-order valence-corrected chi connectivity index (χ3v) is 5.20. The Balaban J connectivity index is 1.69. The van der Waals surface area contributed by atoms with Gasteiger partial charge in [-0.05, 0) is 35.9 Å². The number of ether oxygens (including phenoxy) is 2. The number of hydrogen-bond acceptors (Lipinski definition) is 6. The monoisotopic (exact) mass is 384 g/mol. The van der Waals surface area contributed by atoms with Gasteiger partial charge in [0.15, 0.2) is 15.8 Å². The van der Waals surface area contributed by atoms with Crippen LogP contribution in [0.4, 0.5) is 5.69 Å². The number of hydrogen-bond donors (Lipinski definition) is 1. The maximum Gasteiger partial charge on any atom is 0.270 e. The highest BCUT2D eigenvalue weighted by molar-refractivity contribution is 8.27. The van der Waals surface area contributed by atoms with E-state index in [9.17, 15) is 9.59 Å². The number of thiocarbonyl (C=S) groups is 1. The number of primary amides is 1. The van der Waals surface area contributed by atoms with Crippen molar-refractivity contribution in [1.29, 1.82) is 0 Å². The van der Waals surface area contributed by atoms with Gasteiger partial charge in [0.25, 0.3) is 11.8 Å². The third kappa shape index (κ3) is 2.83. The largest absolute Gasteiger partial charge is 0.454 e. The minimum atomic E-state index is -0.616. The Morgan fingerprint density at radius 2 is 1.96 bits per heavy atom. The van der Waals surface area contributed by atoms with E-state index in [-0.39, 0.29) is 18.3 Å². The van der Waals surface area contributed by atoms with Crippen LogP contribution >= 0.6 is 24.0 Å². The molecule has 26 heavy (non-hydrogen) atoms. The van der Waals surface area contributed by atoms with Gasteiger partial charge in [0, 0.05) is 0 Å². The summed E-state index contributed by atoms with van der Waals surface area (Å²) in [4.78, 5) is 26.3. The van der Waals surface area contributed by atoms with E-state index < -0.39 is 5.91 Å². The van der Waals surface area contributed by atoms with Crippen LogP contribution in [0.1, 0.15) is 15.9 Å². The van der Waals surface area contributed by atoms with Gasteiger partial charge in [-0.3, -0.25) is 14.5 Å². The van der Waals surface area contributed by atoms with E-state index in [0.29, 0.717) is 26.4 Å². The lowest BCUT2D eigenvalue weighted by Gasteiger charge is -2.17. The standard InChI is InChI=1S/C18H12N2O4S2/c19-16(21)11-3-1-2-4-12(11)20-17(22)15(26-18(20)25)8-10-5-6-13-14(7-10)24-9-23-13/h1-8H,9H2,(H2,19,21)/b15-8-. The van der Waals surface area contributed by atoms with Crippen LogP contribution in [0.15, 0.2) is 47.4 Å². The van der Waals surface area contributed by atoms with Gasteiger partial charge in [-0.2, -0.15) is 0 Å². The lowest BCUT2D eigenvalue weighted by molar-refractivity contribution is -0.113. The van der Waals surface area contributed by atoms with Crippen molar-refractivity contribution in [2.24, 2.45) is 5.73 Å². The number of nitrogens with zero attached hydrogens (tertiary/aromatic N) is 1. The first-order valence-electron chi connectivity index (χ1n) is 7.61. The number of fused-ring (bicyclic) bond motifs is 1. The number of nitrogens with two attached hydrogens (primary N) is 1. The summed E-state index contributed by atoms with van der Waals surface area (Å²) in [5.41, 5.74) is 6.84. The number of carbonyl (C=O) groups excluding carboxylic acids is 2. The molecule has 0 aliphatic carbocycles. The molecule has 0 unspecified atom stereocenters. The quantitative estimate of drug-likeness (QED) is 0.647. The highest BCUT2D eigenvalue weighted by Gasteiger charge is 2.35. The van der Waals surface area contributed by atoms with Crippen LogP contribution in [0, 0.1) is 0 Å². The maximum absolute atomic E-state index is 12.9. The van der Waals surface area contributed by atoms with Crippen molar-refractivity contribution < 1.29 is 19.1 Å². The van der Waals surface area contributed by atoms with Crippen LogP contribution in [0.5, 0.6) is 11.5 Å². The summed E-state index contributed by atoms with van der Waals surface area (Å²) in [6, 6.07) is 12.0. The molecule has 2 amide bonds. The first kappa shape index (κ1) is 16.6. The molecule has 130 valence electrons. The molecule has 2 aliphatic rings. The van der Waals surface area contributed by atoms with E-state index in [4.69, 9.17) is 27.4 Å². The molecule has 2 aliphatic heterocycles. The van der Waals surface area contributed by atoms with E-state index in [1.54, 1.807) is 42.5 Å². The molecule has 0 atom stereocenters. The second kappa shape index (κ2) is 6.47. The number of para-hydroxylation sites is 1. The van der Waals surface area contributed by atoms with Crippen LogP contribution in [0.2, 0.25) is 0 Å². The van der Waals surface area contributed by atoms with Gasteiger partial charge in [-0.15, -0.1) is 0 Å². The molecule has 0 saturated carbocycles. The smallest absolute Gasteiger partial charge is 0.270 e. The van der Waals surface area contributed by atoms with Gasteiger partial charge in [0.2, 0.25) is 6.79 Å². The van der Waals surface area contributed by atoms with Crippen molar-refractivity contribution in [2.45, 2.75) is 0 Å². The van der Waals surface area contributed by atoms with Crippen molar-refractivity contribution >= 4 is 51.9 Å². The summed E-state index contributed by atoms with van der Waals surface area (Å²) in [5.74, 6) is 0.388. The predicted octanol–water partition coefficient (Wildman–Crippen LogP) is 2.92. The minimum Gasteiger partial charge on any atom is -0.454 e. The molecule has 2 aromatic carbocycles. The topological polar surface area (TPSA) is 81.9 Å². The zero-order valence-electron chi connectivity index (χ0n) is 13.3. The molecule has 2 N–H and O–H groups in total. The minimum absolute atomic E-state index is 0.185. The summed E-state index contributed by atoms with van der Waals surface area (Å²) in [7, 11) is 0. The molecule has 1 fully saturated rings. The second-order valence-electron chi connectivity index (χ2n) is 5.51. The fourth-order valence-corrected chi connectivity index (χ4v) is 3.99. The average Bonchev–Trinajstić information content (AvgIpc) is 3.19. The molecule has 8 heteroatoms. The van der Waals surface area contributed by atoms with Crippen LogP contribution in [0.25, 0.3) is 6.08 Å². The van der Waals surface area contributed by atoms with Gasteiger partial charge in [0.1, 0.15) is 0 Å². The van der Waals surface area contributed by atoms with Crippen LogP contribution in [-0.2, 0) is 4.79 Å². The van der Waals surface area contributed by atoms with Crippen LogP contribution in [-0.4, -0.2) is 22.9 Å². The summed E-state index contributed by atoms with van der Waals surface area (Å²) in [6.07, 6.45) is 1.73. The van der Waals surface area contributed by atoms with Gasteiger partial charge < -0.3 is 15.2 Å². The molecule has 4 rings (SSSR count). The Hall–Kier alpha value is -2.84. The molecule has 0 bridgehead atoms. The van der Waals surface area contributed by atoms with Gasteiger partial charge in [-0.25, -0.2) is 0 Å². The Morgan fingerprint density at radius 1 is 1.19 bits per heavy atom. The highest BCUT2D eigenvalue weighted by atomic mass is 32.2. The van der Waals surface area contributed by atoms with E-state index in [1.807, 2.05) is 6.07 Å². The summed E-state index contributed by atoms with van der Waals surface area (Å²) >= 11 is 6.52. The molecular formula is C18H12N2O4S2. The molecule has 2 aromatic rings. The molecule has 1 saturated heterocycles. The second-order valence-corrected chi connectivity index (χ2v) is 7.19. The van der Waals surface area contributed by atoms with Crippen LogP contribution in [0.3, 0.4) is 0 Å². The van der Waals surface area contributed by atoms with Crippen molar-refractivity contribution in [3.8, 4) is 11.5 Å². The number of benzene rings is 2. The van der Waals surface area contributed by atoms with Crippen molar-refractivity contribution in [2.75, 3.05) is 11.7 Å². The first-order valence-corrected chi connectivity index (χ1v) is 8.83. The molecule has 0 radical (unpaired) electrons. The van der Waals surface area contributed by atoms with Crippen molar-refractivity contribution in [1.82, 2.24) is 0 Å². The Labute approximate surface area is 158 Å². The summed E-state index contributed by atoms with van der Waals surface area (Å²) in [5, 5.41) is 0. The average molecular weight is 384 g/mol. The highest BCUT2D eigenvalue weighted by Crippen LogP contribution is 2.39. The van der Waals surface area contributed by atoms with Crippen LogP contribution < -0.4 is 20.1 Å². The third-order valence-electron chi connectivity index (χ3n) is 3.90. The van der Waals surface area contributed by atoms with Crippen molar-refractivity contribution in [3.05, 3.63) is 58.5 Å². The zero-order valence-corrected chi connectivity index (χ0v) is 14.9. The molecule has 0 spiro atoms. The Morgan fingerprint density at radius 3 is 2.77 bits per heavy atom. The maximum atomic E-state index is 12.9. The summed E-state index contributed by atoms with van der Waals surface area (Å²) in [6.45, 7) is 0.185. The number of anilines is 1. The fourth-order valence-electron chi connectivity index (χ4n) is 2.71. The number of carbonyl (C=O) groups is 2. The first-order chi connectivity index (χ1) is 12.5. The van der Waals surface area contributed by atoms with Gasteiger partial charge in [-0.1, -0.05) is 42.2 Å². The summed E-state index contributed by atoms with van der Waals surface area (Å²) < 4.78 is 11.0. The van der Waals surface area contributed by atoms with E-state index in [2.05, 4.69) is 0 Å². The lowest BCUT2D eigenvalue weighted by atomic mass is 10.1. The molecular weight excluding hydrogens is 372 g/mol. The van der Waals surface area contributed by atoms with Gasteiger partial charge >= 0.3 is 0 Å². The van der Waals surface area contributed by atoms with E-state index in [1.165, 1.54) is 16.7 Å². The fraction of sp³-hybridized carbons (Fsp3) is 0.0556. The normalized spacial score (nSPS) is 17.2. The SMILES string of the molecule is NC(=O)c1ccccc1N1C(=O)/C(=C/c2ccc3c(c2)OCO3)SC1=S. The number of thioether (sulfide) groups is 1. The number of rotatable bonds is 3. The number of amides is 2. The van der Waals surface area contributed by atoms with Crippen molar-refractivity contribution in [3.63, 3.8) is 0 Å². The Bertz CT molecular complexity index is 987. The van der Waals surface area contributed by atoms with E-state index in [0.717, 1.165) is 5.56 Å². The molecule has 6 nitrogen and oxygen atoms in total. The zero-order chi connectivity index (χ0) is 18.3. The van der Waals surface area contributed by atoms with Gasteiger partial charge in [0.05, 0.1) is 16.2 Å². The molecule has 0 aromatic heterocycles. The van der Waals surface area contributed by atoms with E-state index >= 15 is 0 Å². The predicted molar refractivity (Wildman–Crippen MR) is 103 cm³/mol.